The van der Waals surface area contributed by atoms with Gasteiger partial charge in [0.25, 0.3) is 0 Å². The normalized spacial score (nSPS) is 10.7. The number of hydrogen-bond acceptors (Lipinski definition) is 5. The molecule has 3 rings (SSSR count). The van der Waals surface area contributed by atoms with Crippen LogP contribution in [0.2, 0.25) is 5.02 Å². The standard InChI is InChI=1S/C18H15ClN2O4/c1-9-17(11-4-3-5-12(6-11)20-10(2)22)18(25-21-9)13-7-14(19)16(24)8-15(13)23/h3-8,23-24H,1-2H3,(H,20,22). The van der Waals surface area contributed by atoms with Gasteiger partial charge in [0.05, 0.1) is 21.8 Å². The number of nitrogens with one attached hydrogen (secondary N) is 1. The van der Waals surface area contributed by atoms with Crippen molar-refractivity contribution in [2.45, 2.75) is 13.8 Å². The molecule has 0 spiro atoms. The van der Waals surface area contributed by atoms with Crippen molar-refractivity contribution >= 4 is 23.2 Å². The monoisotopic (exact) mass is 358 g/mol. The lowest BCUT2D eigenvalue weighted by atomic mass is 9.99. The lowest BCUT2D eigenvalue weighted by Gasteiger charge is -2.08. The van der Waals surface area contributed by atoms with Gasteiger partial charge in [0.15, 0.2) is 5.76 Å². The molecule has 3 aromatic rings. The molecule has 0 aliphatic carbocycles. The van der Waals surface area contributed by atoms with Crippen molar-refractivity contribution in [2.24, 2.45) is 0 Å². The Morgan fingerprint density at radius 3 is 2.68 bits per heavy atom. The highest BCUT2D eigenvalue weighted by atomic mass is 35.5. The predicted octanol–water partition coefficient (Wildman–Crippen LogP) is 4.34. The van der Waals surface area contributed by atoms with Crippen molar-refractivity contribution in [1.29, 1.82) is 0 Å². The van der Waals surface area contributed by atoms with Gasteiger partial charge in [0.1, 0.15) is 11.5 Å². The van der Waals surface area contributed by atoms with Crippen LogP contribution in [0.1, 0.15) is 12.6 Å². The van der Waals surface area contributed by atoms with Crippen molar-refractivity contribution in [3.05, 3.63) is 47.1 Å². The molecule has 0 saturated heterocycles. The number of benzene rings is 2. The van der Waals surface area contributed by atoms with Crippen LogP contribution in [0.4, 0.5) is 5.69 Å². The fraction of sp³-hybridized carbons (Fsp3) is 0.111. The van der Waals surface area contributed by atoms with E-state index >= 15 is 0 Å². The topological polar surface area (TPSA) is 95.6 Å². The Labute approximate surface area is 148 Å². The minimum Gasteiger partial charge on any atom is -0.507 e. The summed E-state index contributed by atoms with van der Waals surface area (Å²) < 4.78 is 5.39. The molecule has 128 valence electrons. The highest BCUT2D eigenvalue weighted by Gasteiger charge is 2.21. The van der Waals surface area contributed by atoms with E-state index in [0.717, 1.165) is 11.6 Å². The quantitative estimate of drug-likeness (QED) is 0.647. The van der Waals surface area contributed by atoms with E-state index < -0.39 is 0 Å². The van der Waals surface area contributed by atoms with Crippen molar-refractivity contribution in [2.75, 3.05) is 5.32 Å². The number of aromatic nitrogens is 1. The van der Waals surface area contributed by atoms with Crippen LogP contribution in [0.3, 0.4) is 0 Å². The van der Waals surface area contributed by atoms with Gasteiger partial charge in [-0.25, -0.2) is 0 Å². The van der Waals surface area contributed by atoms with Gasteiger partial charge in [0, 0.05) is 18.7 Å². The number of nitrogens with zero attached hydrogens (tertiary/aromatic N) is 1. The molecule has 1 amide bonds. The molecule has 0 unspecified atom stereocenters. The van der Waals surface area contributed by atoms with Crippen LogP contribution in [0.5, 0.6) is 11.5 Å². The maximum atomic E-state index is 11.3. The maximum absolute atomic E-state index is 11.3. The highest BCUT2D eigenvalue weighted by Crippen LogP contribution is 2.42. The SMILES string of the molecule is CC(=O)Nc1cccc(-c2c(C)noc2-c2cc(Cl)c(O)cc2O)c1. The Balaban J connectivity index is 2.16. The Morgan fingerprint density at radius 1 is 1.20 bits per heavy atom. The number of anilines is 1. The summed E-state index contributed by atoms with van der Waals surface area (Å²) in [6, 6.07) is 9.74. The van der Waals surface area contributed by atoms with E-state index in [9.17, 15) is 15.0 Å². The fourth-order valence-electron chi connectivity index (χ4n) is 2.58. The summed E-state index contributed by atoms with van der Waals surface area (Å²) in [5.74, 6) is -0.273. The van der Waals surface area contributed by atoms with Gasteiger partial charge in [-0.2, -0.15) is 0 Å². The Morgan fingerprint density at radius 2 is 1.96 bits per heavy atom. The molecule has 7 heteroatoms. The van der Waals surface area contributed by atoms with E-state index in [4.69, 9.17) is 16.1 Å². The van der Waals surface area contributed by atoms with Crippen molar-refractivity contribution < 1.29 is 19.5 Å². The first-order valence-electron chi connectivity index (χ1n) is 7.43. The van der Waals surface area contributed by atoms with Gasteiger partial charge < -0.3 is 20.1 Å². The number of hydrogen-bond donors (Lipinski definition) is 3. The molecule has 6 nitrogen and oxygen atoms in total. The molecule has 0 aliphatic heterocycles. The number of carbonyl (C=O) groups excluding carboxylic acids is 1. The van der Waals surface area contributed by atoms with Gasteiger partial charge in [0.2, 0.25) is 5.91 Å². The molecular weight excluding hydrogens is 344 g/mol. The van der Waals surface area contributed by atoms with Crippen LogP contribution < -0.4 is 5.32 Å². The van der Waals surface area contributed by atoms with Crippen molar-refractivity contribution in [1.82, 2.24) is 5.16 Å². The number of carbonyl (C=O) groups is 1. The average Bonchev–Trinajstić information content (AvgIpc) is 2.92. The molecule has 25 heavy (non-hydrogen) atoms. The highest BCUT2D eigenvalue weighted by molar-refractivity contribution is 6.32. The van der Waals surface area contributed by atoms with Crippen LogP contribution in [-0.4, -0.2) is 21.3 Å². The minimum atomic E-state index is -0.228. The minimum absolute atomic E-state index is 0.0831. The Hall–Kier alpha value is -2.99. The van der Waals surface area contributed by atoms with Crippen LogP contribution in [0.15, 0.2) is 40.9 Å². The molecule has 0 atom stereocenters. The lowest BCUT2D eigenvalue weighted by Crippen LogP contribution is -2.05. The number of rotatable bonds is 3. The average molecular weight is 359 g/mol. The summed E-state index contributed by atoms with van der Waals surface area (Å²) in [6.45, 7) is 3.20. The number of aryl methyl sites for hydroxylation is 1. The molecular formula is C18H15ClN2O4. The second-order valence-corrected chi connectivity index (χ2v) is 5.96. The van der Waals surface area contributed by atoms with E-state index in [1.54, 1.807) is 25.1 Å². The summed E-state index contributed by atoms with van der Waals surface area (Å²) in [5, 5.41) is 26.5. The zero-order chi connectivity index (χ0) is 18.1. The maximum Gasteiger partial charge on any atom is 0.221 e. The van der Waals surface area contributed by atoms with Gasteiger partial charge in [-0.1, -0.05) is 28.9 Å². The zero-order valence-corrected chi connectivity index (χ0v) is 14.3. The lowest BCUT2D eigenvalue weighted by molar-refractivity contribution is -0.114. The van der Waals surface area contributed by atoms with Crippen molar-refractivity contribution in [3.63, 3.8) is 0 Å². The third kappa shape index (κ3) is 3.29. The second-order valence-electron chi connectivity index (χ2n) is 5.55. The van der Waals surface area contributed by atoms with Gasteiger partial charge in [-0.15, -0.1) is 0 Å². The number of phenols is 2. The molecule has 0 saturated carbocycles. The number of phenolic OH excluding ortho intramolecular Hbond substituents is 2. The van der Waals surface area contributed by atoms with E-state index in [0.29, 0.717) is 28.3 Å². The van der Waals surface area contributed by atoms with Crippen LogP contribution in [0.25, 0.3) is 22.5 Å². The first-order chi connectivity index (χ1) is 11.9. The summed E-state index contributed by atoms with van der Waals surface area (Å²) in [4.78, 5) is 11.3. The van der Waals surface area contributed by atoms with Gasteiger partial charge in [-0.3, -0.25) is 4.79 Å². The zero-order valence-electron chi connectivity index (χ0n) is 13.5. The molecule has 0 radical (unpaired) electrons. The first kappa shape index (κ1) is 16.9. The Bertz CT molecular complexity index is 966. The second kappa shape index (κ2) is 6.49. The van der Waals surface area contributed by atoms with Crippen LogP contribution in [0, 0.1) is 6.92 Å². The van der Waals surface area contributed by atoms with E-state index in [-0.39, 0.29) is 22.4 Å². The van der Waals surface area contributed by atoms with Crippen LogP contribution in [-0.2, 0) is 4.79 Å². The molecule has 0 fully saturated rings. The number of aromatic hydroxyl groups is 2. The molecule has 0 aliphatic rings. The predicted molar refractivity (Wildman–Crippen MR) is 94.8 cm³/mol. The number of halogens is 1. The number of amides is 1. The molecule has 3 N–H and O–H groups in total. The van der Waals surface area contributed by atoms with Crippen molar-refractivity contribution in [3.8, 4) is 33.9 Å². The molecule has 2 aromatic carbocycles. The molecule has 1 aromatic heterocycles. The smallest absolute Gasteiger partial charge is 0.221 e. The summed E-state index contributed by atoms with van der Waals surface area (Å²) in [6.07, 6.45) is 0. The van der Waals surface area contributed by atoms with Crippen LogP contribution >= 0.6 is 11.6 Å². The van der Waals surface area contributed by atoms with E-state index in [2.05, 4.69) is 10.5 Å². The first-order valence-corrected chi connectivity index (χ1v) is 7.80. The van der Waals surface area contributed by atoms with E-state index in [1.807, 2.05) is 6.07 Å². The summed E-state index contributed by atoms with van der Waals surface area (Å²) in [5.41, 5.74) is 2.96. The molecule has 1 heterocycles. The fourth-order valence-corrected chi connectivity index (χ4v) is 2.75. The largest absolute Gasteiger partial charge is 0.507 e. The third-order valence-corrected chi connectivity index (χ3v) is 3.95. The van der Waals surface area contributed by atoms with Gasteiger partial charge >= 0.3 is 0 Å². The summed E-state index contributed by atoms with van der Waals surface area (Å²) in [7, 11) is 0. The third-order valence-electron chi connectivity index (χ3n) is 3.64. The van der Waals surface area contributed by atoms with Gasteiger partial charge in [-0.05, 0) is 30.7 Å². The van der Waals surface area contributed by atoms with E-state index in [1.165, 1.54) is 13.0 Å². The summed E-state index contributed by atoms with van der Waals surface area (Å²) >= 11 is 5.95. The molecule has 0 bridgehead atoms. The Kier molecular flexibility index (Phi) is 4.37.